The molecule has 12 nitrogen and oxygen atoms in total. The van der Waals surface area contributed by atoms with Crippen LogP contribution in [0.5, 0.6) is 5.75 Å². The minimum absolute atomic E-state index is 0.0103. The van der Waals surface area contributed by atoms with Gasteiger partial charge in [0.25, 0.3) is 5.91 Å². The zero-order valence-electron chi connectivity index (χ0n) is 29.5. The van der Waals surface area contributed by atoms with Crippen molar-refractivity contribution >= 4 is 29.5 Å². The number of alkyl halides is 4. The monoisotopic (exact) mass is 751 g/mol. The van der Waals surface area contributed by atoms with Crippen LogP contribution in [0.4, 0.5) is 35.1 Å². The lowest BCUT2D eigenvalue weighted by Gasteiger charge is -2.61. The number of rotatable bonds is 7. The van der Waals surface area contributed by atoms with Gasteiger partial charge in [-0.1, -0.05) is 0 Å². The molecule has 16 heteroatoms. The number of carboxylic acids is 1. The van der Waals surface area contributed by atoms with Crippen LogP contribution in [0, 0.1) is 17.8 Å². The van der Waals surface area contributed by atoms with Crippen LogP contribution in [-0.4, -0.2) is 87.1 Å². The van der Waals surface area contributed by atoms with E-state index in [4.69, 9.17) is 9.47 Å². The van der Waals surface area contributed by atoms with Gasteiger partial charge in [-0.05, 0) is 92.5 Å². The van der Waals surface area contributed by atoms with Gasteiger partial charge in [-0.15, -0.1) is 0 Å². The minimum Gasteiger partial charge on any atom is -0.490 e. The molecule has 7 aliphatic rings. The van der Waals surface area contributed by atoms with Crippen LogP contribution in [0.15, 0.2) is 42.9 Å². The van der Waals surface area contributed by atoms with E-state index in [9.17, 15) is 27.9 Å². The predicted molar refractivity (Wildman–Crippen MR) is 185 cm³/mol. The van der Waals surface area contributed by atoms with E-state index in [1.54, 1.807) is 29.4 Å². The van der Waals surface area contributed by atoms with E-state index in [1.165, 1.54) is 0 Å². The SMILES string of the molecule is O=C(N[C@]1(C(=O)O)[C@H]2CC3C[C@H]1C[C@@](F)(C3)C2)c1cnc(N2CC3(CCOCC3)c3cc(OC4CCN(c5ncccn5)CC4)ccc32)nc1C(F)(F)F. The Labute approximate surface area is 308 Å². The lowest BCUT2D eigenvalue weighted by Crippen LogP contribution is -2.72. The maximum atomic E-state index is 15.5. The molecule has 2 N–H and O–H groups in total. The molecule has 2 atom stereocenters. The number of nitrogens with zero attached hydrogens (tertiary/aromatic N) is 6. The molecule has 10 rings (SSSR count). The maximum absolute atomic E-state index is 15.5. The first-order chi connectivity index (χ1) is 25.9. The molecule has 4 aliphatic carbocycles. The Kier molecular flexibility index (Phi) is 8.28. The molecule has 4 saturated carbocycles. The number of hydrogen-bond donors (Lipinski definition) is 2. The summed E-state index contributed by atoms with van der Waals surface area (Å²) in [4.78, 5) is 47.4. The first kappa shape index (κ1) is 35.1. The average Bonchev–Trinajstić information content (AvgIpc) is 3.45. The van der Waals surface area contributed by atoms with E-state index in [-0.39, 0.29) is 30.8 Å². The molecular formula is C38H41F4N7O5. The standard InChI is InChI=1S/C38H41F4N7O5/c39-36-17-22-14-23(18-36)37(32(51)52,24(15-22)19-36)47-31(50)27-20-45-34(46-30(27)38(40,41)42)49-21-35(6-12-53-13-7-35)28-16-26(2-3-29(28)49)54-25-4-10-48(11-5-25)33-43-8-1-9-44-33/h1-3,8-9,16,20,22-25H,4-7,10-15,17-19,21H2,(H,47,50)(H,51,52)/t22?,23-,24-,36-,37-/m0/s1. The van der Waals surface area contributed by atoms with Crippen molar-refractivity contribution < 1.29 is 41.7 Å². The molecule has 6 fully saturated rings. The molecule has 4 bridgehead atoms. The third kappa shape index (κ3) is 5.82. The third-order valence-corrected chi connectivity index (χ3v) is 12.9. The molecule has 1 aromatic carbocycles. The highest BCUT2D eigenvalue weighted by Gasteiger charge is 2.67. The Balaban J connectivity index is 0.990. The second kappa shape index (κ2) is 12.7. The van der Waals surface area contributed by atoms with E-state index >= 15 is 4.39 Å². The first-order valence-electron chi connectivity index (χ1n) is 18.7. The zero-order valence-corrected chi connectivity index (χ0v) is 29.5. The fraction of sp³-hybridized carbons (Fsp3) is 0.579. The summed E-state index contributed by atoms with van der Waals surface area (Å²) in [5, 5.41) is 12.9. The third-order valence-electron chi connectivity index (χ3n) is 12.9. The van der Waals surface area contributed by atoms with Crippen molar-refractivity contribution in [2.45, 2.75) is 86.7 Å². The van der Waals surface area contributed by atoms with Crippen LogP contribution in [0.25, 0.3) is 0 Å². The number of ether oxygens (including phenoxy) is 2. The summed E-state index contributed by atoms with van der Waals surface area (Å²) < 4.78 is 72.0. The number of fused-ring (bicyclic) bond motifs is 2. The number of benzene rings is 1. The Hall–Kier alpha value is -4.60. The van der Waals surface area contributed by atoms with E-state index in [0.29, 0.717) is 69.2 Å². The van der Waals surface area contributed by atoms with E-state index in [0.717, 1.165) is 37.7 Å². The number of carboxylic acid groups (broad SMARTS) is 1. The number of aliphatic carboxylic acids is 1. The predicted octanol–water partition coefficient (Wildman–Crippen LogP) is 5.63. The van der Waals surface area contributed by atoms with Crippen LogP contribution < -0.4 is 19.9 Å². The fourth-order valence-electron chi connectivity index (χ4n) is 10.6. The number of carbonyl (C=O) groups is 2. The summed E-state index contributed by atoms with van der Waals surface area (Å²) in [6.07, 6.45) is 2.99. The topological polar surface area (TPSA) is 143 Å². The van der Waals surface area contributed by atoms with E-state index in [1.807, 2.05) is 12.1 Å². The van der Waals surface area contributed by atoms with Gasteiger partial charge in [0.15, 0.2) is 5.69 Å². The summed E-state index contributed by atoms with van der Waals surface area (Å²) in [6.45, 7) is 2.72. The zero-order chi connectivity index (χ0) is 37.5. The summed E-state index contributed by atoms with van der Waals surface area (Å²) in [6, 6.07) is 7.37. The van der Waals surface area contributed by atoms with Crippen LogP contribution in [-0.2, 0) is 21.1 Å². The van der Waals surface area contributed by atoms with Gasteiger partial charge in [0.2, 0.25) is 11.9 Å². The molecule has 3 aliphatic heterocycles. The second-order valence-electron chi connectivity index (χ2n) is 16.1. The number of aromatic nitrogens is 4. The number of anilines is 3. The van der Waals surface area contributed by atoms with Gasteiger partial charge in [0.05, 0.1) is 5.56 Å². The molecule has 2 aromatic heterocycles. The first-order valence-corrected chi connectivity index (χ1v) is 18.7. The minimum atomic E-state index is -5.06. The number of halogens is 4. The molecule has 286 valence electrons. The Bertz CT molecular complexity index is 1940. The summed E-state index contributed by atoms with van der Waals surface area (Å²) in [5.74, 6) is -2.94. The highest BCUT2D eigenvalue weighted by molar-refractivity contribution is 5.99. The molecule has 1 amide bonds. The summed E-state index contributed by atoms with van der Waals surface area (Å²) in [5.41, 5.74) is -4.62. The van der Waals surface area contributed by atoms with Gasteiger partial charge < -0.3 is 29.7 Å². The lowest BCUT2D eigenvalue weighted by atomic mass is 9.47. The molecule has 1 spiro atoms. The van der Waals surface area contributed by atoms with Gasteiger partial charge in [-0.3, -0.25) is 4.79 Å². The molecule has 5 heterocycles. The van der Waals surface area contributed by atoms with Crippen LogP contribution >= 0.6 is 0 Å². The quantitative estimate of drug-likeness (QED) is 0.290. The molecule has 0 radical (unpaired) electrons. The van der Waals surface area contributed by atoms with Crippen molar-refractivity contribution in [3.63, 3.8) is 0 Å². The number of carbonyl (C=O) groups excluding carboxylic acids is 1. The number of amides is 1. The highest BCUT2D eigenvalue weighted by atomic mass is 19.4. The second-order valence-corrected chi connectivity index (χ2v) is 16.1. The van der Waals surface area contributed by atoms with Crippen molar-refractivity contribution in [1.82, 2.24) is 25.3 Å². The van der Waals surface area contributed by atoms with Crippen molar-refractivity contribution in [2.24, 2.45) is 17.8 Å². The van der Waals surface area contributed by atoms with Crippen molar-refractivity contribution in [3.8, 4) is 5.75 Å². The maximum Gasteiger partial charge on any atom is 0.434 e. The van der Waals surface area contributed by atoms with E-state index in [2.05, 4.69) is 30.2 Å². The Morgan fingerprint density at radius 3 is 2.33 bits per heavy atom. The average molecular weight is 752 g/mol. The Morgan fingerprint density at radius 2 is 1.69 bits per heavy atom. The number of hydrogen-bond acceptors (Lipinski definition) is 10. The van der Waals surface area contributed by atoms with Crippen molar-refractivity contribution in [3.05, 3.63) is 59.7 Å². The van der Waals surface area contributed by atoms with Crippen LogP contribution in [0.1, 0.15) is 79.4 Å². The van der Waals surface area contributed by atoms with Gasteiger partial charge in [0, 0.05) is 75.4 Å². The smallest absolute Gasteiger partial charge is 0.434 e. The molecule has 0 unspecified atom stereocenters. The number of nitrogens with one attached hydrogen (secondary N) is 1. The molecular weight excluding hydrogens is 710 g/mol. The van der Waals surface area contributed by atoms with Gasteiger partial charge in [-0.2, -0.15) is 13.2 Å². The lowest BCUT2D eigenvalue weighted by molar-refractivity contribution is -0.174. The highest BCUT2D eigenvalue weighted by Crippen LogP contribution is 2.61. The van der Waals surface area contributed by atoms with Crippen molar-refractivity contribution in [1.29, 1.82) is 0 Å². The van der Waals surface area contributed by atoms with Gasteiger partial charge >= 0.3 is 12.1 Å². The Morgan fingerprint density at radius 1 is 0.981 bits per heavy atom. The van der Waals surface area contributed by atoms with Crippen molar-refractivity contribution in [2.75, 3.05) is 42.6 Å². The van der Waals surface area contributed by atoms with Crippen LogP contribution in [0.3, 0.4) is 0 Å². The normalized spacial score (nSPS) is 30.0. The summed E-state index contributed by atoms with van der Waals surface area (Å²) >= 11 is 0. The summed E-state index contributed by atoms with van der Waals surface area (Å²) in [7, 11) is 0. The molecule has 2 saturated heterocycles. The van der Waals surface area contributed by atoms with E-state index < -0.39 is 57.8 Å². The van der Waals surface area contributed by atoms with Gasteiger partial charge in [-0.25, -0.2) is 29.1 Å². The van der Waals surface area contributed by atoms with Crippen LogP contribution in [0.2, 0.25) is 0 Å². The molecule has 3 aromatic rings. The molecule has 54 heavy (non-hydrogen) atoms. The largest absolute Gasteiger partial charge is 0.490 e. The fourth-order valence-corrected chi connectivity index (χ4v) is 10.6. The van der Waals surface area contributed by atoms with Gasteiger partial charge in [0.1, 0.15) is 23.1 Å². The number of piperidine rings is 1.